The van der Waals surface area contributed by atoms with Crippen LogP contribution in [0.15, 0.2) is 0 Å². The van der Waals surface area contributed by atoms with Gasteiger partial charge >= 0.3 is 0 Å². The molecule has 0 bridgehead atoms. The molecule has 0 aromatic carbocycles. The average molecular weight is 296 g/mol. The average Bonchev–Trinajstić information content (AvgIpc) is 2.48. The van der Waals surface area contributed by atoms with Gasteiger partial charge in [0.25, 0.3) is 0 Å². The number of nitrogens with one attached hydrogen (secondary N) is 1. The molecule has 21 heavy (non-hydrogen) atoms. The highest BCUT2D eigenvalue weighted by atomic mass is 16.3. The number of aliphatic hydroxyl groups excluding tert-OH is 1. The molecule has 120 valence electrons. The summed E-state index contributed by atoms with van der Waals surface area (Å²) in [6.07, 6.45) is 6.93. The van der Waals surface area contributed by atoms with Crippen LogP contribution >= 0.6 is 0 Å². The molecule has 1 saturated carbocycles. The Kier molecular flexibility index (Phi) is 6.03. The zero-order valence-corrected chi connectivity index (χ0v) is 13.0. The Hall–Kier alpha value is -1.10. The van der Waals surface area contributed by atoms with Crippen molar-refractivity contribution in [3.05, 3.63) is 0 Å². The fraction of sp³-hybridized carbons (Fsp3) is 0.875. The van der Waals surface area contributed by atoms with E-state index >= 15 is 0 Å². The van der Waals surface area contributed by atoms with E-state index in [1.54, 1.807) is 4.90 Å². The Morgan fingerprint density at radius 3 is 2.57 bits per heavy atom. The van der Waals surface area contributed by atoms with Crippen molar-refractivity contribution in [1.29, 1.82) is 0 Å². The Bertz CT molecular complexity index is 367. The summed E-state index contributed by atoms with van der Waals surface area (Å²) in [4.78, 5) is 25.6. The van der Waals surface area contributed by atoms with Crippen LogP contribution in [-0.4, -0.2) is 47.6 Å². The van der Waals surface area contributed by atoms with Gasteiger partial charge in [-0.1, -0.05) is 26.2 Å². The minimum absolute atomic E-state index is 0.0128. The van der Waals surface area contributed by atoms with Crippen molar-refractivity contribution in [2.75, 3.05) is 19.6 Å². The third-order valence-electron chi connectivity index (χ3n) is 4.91. The van der Waals surface area contributed by atoms with Crippen molar-refractivity contribution < 1.29 is 14.7 Å². The molecule has 2 N–H and O–H groups in total. The SMILES string of the molecule is CC1CCN(C(=O)CNC(=O)CC2CCCCC2)CC1O. The summed E-state index contributed by atoms with van der Waals surface area (Å²) in [5.74, 6) is 0.639. The first kappa shape index (κ1) is 16.3. The van der Waals surface area contributed by atoms with Crippen molar-refractivity contribution in [3.63, 3.8) is 0 Å². The summed E-state index contributed by atoms with van der Waals surface area (Å²) in [5.41, 5.74) is 0. The number of carbonyl (C=O) groups excluding carboxylic acids is 2. The van der Waals surface area contributed by atoms with Crippen LogP contribution in [0.3, 0.4) is 0 Å². The van der Waals surface area contributed by atoms with E-state index < -0.39 is 6.10 Å². The third-order valence-corrected chi connectivity index (χ3v) is 4.91. The van der Waals surface area contributed by atoms with Gasteiger partial charge in [0.1, 0.15) is 0 Å². The number of aliphatic hydroxyl groups is 1. The van der Waals surface area contributed by atoms with E-state index in [4.69, 9.17) is 0 Å². The zero-order valence-electron chi connectivity index (χ0n) is 13.0. The first-order valence-electron chi connectivity index (χ1n) is 8.29. The second-order valence-electron chi connectivity index (χ2n) is 6.66. The molecule has 2 aliphatic rings. The van der Waals surface area contributed by atoms with Crippen molar-refractivity contribution >= 4 is 11.8 Å². The second kappa shape index (κ2) is 7.78. The Morgan fingerprint density at radius 2 is 1.90 bits per heavy atom. The minimum Gasteiger partial charge on any atom is -0.391 e. The fourth-order valence-electron chi connectivity index (χ4n) is 3.29. The molecule has 1 saturated heterocycles. The number of β-amino-alcohol motifs (C(OH)–C–C–N with tert-alkyl or cyclic N) is 1. The van der Waals surface area contributed by atoms with Crippen molar-refractivity contribution in [1.82, 2.24) is 10.2 Å². The number of nitrogens with zero attached hydrogens (tertiary/aromatic N) is 1. The quantitative estimate of drug-likeness (QED) is 0.821. The molecule has 1 aliphatic carbocycles. The predicted molar refractivity (Wildman–Crippen MR) is 80.6 cm³/mol. The third kappa shape index (κ3) is 4.99. The summed E-state index contributed by atoms with van der Waals surface area (Å²) in [5, 5.41) is 12.6. The molecule has 2 rings (SSSR count). The summed E-state index contributed by atoms with van der Waals surface area (Å²) in [6, 6.07) is 0. The predicted octanol–water partition coefficient (Wildman–Crippen LogP) is 1.30. The zero-order chi connectivity index (χ0) is 15.2. The van der Waals surface area contributed by atoms with Crippen LogP contribution in [0.4, 0.5) is 0 Å². The molecule has 5 heteroatoms. The highest BCUT2D eigenvalue weighted by Crippen LogP contribution is 2.26. The number of piperidine rings is 1. The van der Waals surface area contributed by atoms with E-state index in [2.05, 4.69) is 5.32 Å². The van der Waals surface area contributed by atoms with Crippen LogP contribution in [0.5, 0.6) is 0 Å². The van der Waals surface area contributed by atoms with Gasteiger partial charge in [0.15, 0.2) is 0 Å². The normalized spacial score (nSPS) is 27.4. The lowest BCUT2D eigenvalue weighted by molar-refractivity contribution is -0.136. The van der Waals surface area contributed by atoms with E-state index in [9.17, 15) is 14.7 Å². The molecule has 2 unspecified atom stereocenters. The highest BCUT2D eigenvalue weighted by Gasteiger charge is 2.27. The van der Waals surface area contributed by atoms with Crippen LogP contribution in [-0.2, 0) is 9.59 Å². The summed E-state index contributed by atoms with van der Waals surface area (Å²) < 4.78 is 0. The minimum atomic E-state index is -0.444. The van der Waals surface area contributed by atoms with Crippen LogP contribution in [0.2, 0.25) is 0 Å². The lowest BCUT2D eigenvalue weighted by Gasteiger charge is -2.34. The van der Waals surface area contributed by atoms with Crippen LogP contribution in [0.25, 0.3) is 0 Å². The van der Waals surface area contributed by atoms with Gasteiger partial charge in [0.2, 0.25) is 11.8 Å². The van der Waals surface area contributed by atoms with E-state index in [1.807, 2.05) is 6.92 Å². The van der Waals surface area contributed by atoms with Gasteiger partial charge in [-0.2, -0.15) is 0 Å². The first-order chi connectivity index (χ1) is 10.1. The molecular weight excluding hydrogens is 268 g/mol. The van der Waals surface area contributed by atoms with Crippen LogP contribution in [0.1, 0.15) is 51.9 Å². The van der Waals surface area contributed by atoms with Gasteiger partial charge in [-0.15, -0.1) is 0 Å². The molecule has 5 nitrogen and oxygen atoms in total. The molecule has 1 heterocycles. The van der Waals surface area contributed by atoms with Crippen LogP contribution < -0.4 is 5.32 Å². The molecular formula is C16H28N2O3. The number of hydrogen-bond acceptors (Lipinski definition) is 3. The number of rotatable bonds is 4. The lowest BCUT2D eigenvalue weighted by atomic mass is 9.87. The van der Waals surface area contributed by atoms with Gasteiger partial charge in [0.05, 0.1) is 12.6 Å². The smallest absolute Gasteiger partial charge is 0.242 e. The highest BCUT2D eigenvalue weighted by molar-refractivity contribution is 5.84. The largest absolute Gasteiger partial charge is 0.391 e. The molecule has 1 aliphatic heterocycles. The number of amides is 2. The van der Waals surface area contributed by atoms with Crippen molar-refractivity contribution in [2.24, 2.45) is 11.8 Å². The maximum Gasteiger partial charge on any atom is 0.242 e. The number of carbonyl (C=O) groups is 2. The Labute approximate surface area is 127 Å². The molecule has 0 radical (unpaired) electrons. The van der Waals surface area contributed by atoms with E-state index in [0.717, 1.165) is 19.3 Å². The molecule has 2 atom stereocenters. The Balaban J connectivity index is 1.67. The number of hydrogen-bond donors (Lipinski definition) is 2. The van der Waals surface area contributed by atoms with Gasteiger partial charge in [-0.25, -0.2) is 0 Å². The summed E-state index contributed by atoms with van der Waals surface area (Å²) >= 11 is 0. The molecule has 0 aromatic heterocycles. The Morgan fingerprint density at radius 1 is 1.19 bits per heavy atom. The van der Waals surface area contributed by atoms with Gasteiger partial charge in [0, 0.05) is 19.5 Å². The van der Waals surface area contributed by atoms with E-state index in [0.29, 0.717) is 25.4 Å². The maximum absolute atomic E-state index is 12.0. The monoisotopic (exact) mass is 296 g/mol. The number of likely N-dealkylation sites (tertiary alicyclic amines) is 1. The lowest BCUT2D eigenvalue weighted by Crippen LogP contribution is -2.49. The summed E-state index contributed by atoms with van der Waals surface area (Å²) in [6.45, 7) is 3.12. The van der Waals surface area contributed by atoms with Gasteiger partial charge < -0.3 is 15.3 Å². The van der Waals surface area contributed by atoms with Crippen molar-refractivity contribution in [2.45, 2.75) is 58.0 Å². The van der Waals surface area contributed by atoms with E-state index in [1.165, 1.54) is 19.3 Å². The topological polar surface area (TPSA) is 69.6 Å². The van der Waals surface area contributed by atoms with Gasteiger partial charge in [-0.3, -0.25) is 9.59 Å². The van der Waals surface area contributed by atoms with Gasteiger partial charge in [-0.05, 0) is 31.1 Å². The van der Waals surface area contributed by atoms with Crippen molar-refractivity contribution in [3.8, 4) is 0 Å². The summed E-state index contributed by atoms with van der Waals surface area (Å²) in [7, 11) is 0. The van der Waals surface area contributed by atoms with Crippen LogP contribution in [0, 0.1) is 11.8 Å². The molecule has 2 amide bonds. The maximum atomic E-state index is 12.0. The molecule has 0 spiro atoms. The first-order valence-corrected chi connectivity index (χ1v) is 8.29. The molecule has 2 fully saturated rings. The van der Waals surface area contributed by atoms with E-state index in [-0.39, 0.29) is 24.3 Å². The molecule has 0 aromatic rings. The standard InChI is InChI=1S/C16H28N2O3/c1-12-7-8-18(11-14(12)19)16(21)10-17-15(20)9-13-5-3-2-4-6-13/h12-14,19H,2-11H2,1H3,(H,17,20). The second-order valence-corrected chi connectivity index (χ2v) is 6.66. The fourth-order valence-corrected chi connectivity index (χ4v) is 3.29.